The Balaban J connectivity index is 2.15. The maximum atomic E-state index is 12.4. The van der Waals surface area contributed by atoms with Crippen LogP contribution in [0, 0.1) is 6.92 Å². The monoisotopic (exact) mass is 363 g/mol. The number of aliphatic imine (C=N–C) groups is 1. The minimum atomic E-state index is -0.695. The average molecular weight is 363 g/mol. The lowest BCUT2D eigenvalue weighted by atomic mass is 10.1. The molecule has 0 spiro atoms. The van der Waals surface area contributed by atoms with Crippen LogP contribution in [0.25, 0.3) is 5.69 Å². The molecule has 2 aromatic carbocycles. The molecule has 138 valence electrons. The van der Waals surface area contributed by atoms with E-state index < -0.39 is 17.1 Å². The Morgan fingerprint density at radius 3 is 2.37 bits per heavy atom. The summed E-state index contributed by atoms with van der Waals surface area (Å²) >= 11 is 0. The number of aromatic nitrogens is 2. The number of H-pyrrole nitrogens is 1. The summed E-state index contributed by atoms with van der Waals surface area (Å²) in [4.78, 5) is 31.5. The number of rotatable bonds is 4. The van der Waals surface area contributed by atoms with Crippen molar-refractivity contribution >= 4 is 5.71 Å². The van der Waals surface area contributed by atoms with E-state index in [0.717, 1.165) is 15.7 Å². The standard InChI is InChI=1S/C21H21N3O3/c1-13-9-7-8-12-17(13)24-20(26)18(19(25)23-21(24)27)15(3)22-14(2)16-10-5-4-6-11-16/h4-12,14,26H,1-3H3,(H,23,25,27). The molecule has 1 heterocycles. The lowest BCUT2D eigenvalue weighted by Crippen LogP contribution is -2.33. The fourth-order valence-electron chi connectivity index (χ4n) is 3.05. The number of nitrogens with one attached hydrogen (secondary N) is 1. The van der Waals surface area contributed by atoms with E-state index in [1.54, 1.807) is 19.1 Å². The van der Waals surface area contributed by atoms with E-state index >= 15 is 0 Å². The van der Waals surface area contributed by atoms with E-state index in [0.29, 0.717) is 11.4 Å². The molecule has 0 amide bonds. The molecular formula is C21H21N3O3. The molecule has 6 nitrogen and oxygen atoms in total. The van der Waals surface area contributed by atoms with Gasteiger partial charge in [0.25, 0.3) is 5.56 Å². The normalized spacial score (nSPS) is 12.8. The van der Waals surface area contributed by atoms with Crippen LogP contribution < -0.4 is 11.2 Å². The molecule has 1 atom stereocenters. The van der Waals surface area contributed by atoms with Crippen molar-refractivity contribution in [1.29, 1.82) is 0 Å². The molecule has 0 fully saturated rings. The molecule has 0 aliphatic heterocycles. The third kappa shape index (κ3) is 3.60. The topological polar surface area (TPSA) is 87.4 Å². The van der Waals surface area contributed by atoms with Crippen molar-refractivity contribution < 1.29 is 5.11 Å². The fourth-order valence-corrected chi connectivity index (χ4v) is 3.05. The van der Waals surface area contributed by atoms with E-state index in [4.69, 9.17) is 0 Å². The summed E-state index contributed by atoms with van der Waals surface area (Å²) in [6, 6.07) is 16.6. The number of hydrogen-bond donors (Lipinski definition) is 2. The number of benzene rings is 2. The highest BCUT2D eigenvalue weighted by atomic mass is 16.3. The van der Waals surface area contributed by atoms with Crippen LogP contribution in [-0.2, 0) is 0 Å². The third-order valence-corrected chi connectivity index (χ3v) is 4.47. The smallest absolute Gasteiger partial charge is 0.335 e. The summed E-state index contributed by atoms with van der Waals surface area (Å²) in [5.41, 5.74) is 1.26. The summed E-state index contributed by atoms with van der Waals surface area (Å²) in [6.45, 7) is 5.38. The van der Waals surface area contributed by atoms with Crippen LogP contribution in [0.2, 0.25) is 0 Å². The first-order chi connectivity index (χ1) is 12.9. The van der Waals surface area contributed by atoms with Crippen LogP contribution in [0.3, 0.4) is 0 Å². The molecular weight excluding hydrogens is 342 g/mol. The zero-order chi connectivity index (χ0) is 19.6. The van der Waals surface area contributed by atoms with Crippen LogP contribution in [0.15, 0.2) is 69.2 Å². The number of nitrogens with zero attached hydrogens (tertiary/aromatic N) is 2. The molecule has 0 bridgehead atoms. The van der Waals surface area contributed by atoms with Crippen LogP contribution >= 0.6 is 0 Å². The molecule has 0 aliphatic rings. The van der Waals surface area contributed by atoms with Crippen molar-refractivity contribution in [3.63, 3.8) is 0 Å². The summed E-state index contributed by atoms with van der Waals surface area (Å²) in [5.74, 6) is -0.417. The fraction of sp³-hybridized carbons (Fsp3) is 0.190. The Morgan fingerprint density at radius 2 is 1.70 bits per heavy atom. The zero-order valence-electron chi connectivity index (χ0n) is 15.4. The van der Waals surface area contributed by atoms with Crippen molar-refractivity contribution in [2.75, 3.05) is 0 Å². The third-order valence-electron chi connectivity index (χ3n) is 4.47. The van der Waals surface area contributed by atoms with Gasteiger partial charge in [-0.3, -0.25) is 14.8 Å². The van der Waals surface area contributed by atoms with Crippen LogP contribution in [0.1, 0.15) is 36.6 Å². The second-order valence-corrected chi connectivity index (χ2v) is 6.38. The zero-order valence-corrected chi connectivity index (χ0v) is 15.4. The highest BCUT2D eigenvalue weighted by Gasteiger charge is 2.19. The average Bonchev–Trinajstić information content (AvgIpc) is 2.63. The van der Waals surface area contributed by atoms with Gasteiger partial charge < -0.3 is 5.11 Å². The second kappa shape index (κ2) is 7.45. The van der Waals surface area contributed by atoms with Gasteiger partial charge in [0, 0.05) is 0 Å². The molecule has 3 aromatic rings. The highest BCUT2D eigenvalue weighted by molar-refractivity contribution is 6.00. The van der Waals surface area contributed by atoms with Gasteiger partial charge in [-0.05, 0) is 38.0 Å². The van der Waals surface area contributed by atoms with Crippen molar-refractivity contribution in [3.8, 4) is 11.6 Å². The van der Waals surface area contributed by atoms with Gasteiger partial charge in [-0.15, -0.1) is 0 Å². The molecule has 1 aromatic heterocycles. The number of aryl methyl sites for hydroxylation is 1. The number of aromatic amines is 1. The first kappa shape index (κ1) is 18.4. The predicted molar refractivity (Wildman–Crippen MR) is 106 cm³/mol. The minimum absolute atomic E-state index is 0.0133. The summed E-state index contributed by atoms with van der Waals surface area (Å²) < 4.78 is 1.10. The van der Waals surface area contributed by atoms with Crippen LogP contribution in [-0.4, -0.2) is 20.4 Å². The van der Waals surface area contributed by atoms with Gasteiger partial charge >= 0.3 is 5.69 Å². The molecule has 2 N–H and O–H groups in total. The van der Waals surface area contributed by atoms with Gasteiger partial charge in [0.1, 0.15) is 5.56 Å². The largest absolute Gasteiger partial charge is 0.493 e. The maximum Gasteiger partial charge on any atom is 0.335 e. The quantitative estimate of drug-likeness (QED) is 0.698. The van der Waals surface area contributed by atoms with Gasteiger partial charge in [-0.2, -0.15) is 0 Å². The molecule has 0 radical (unpaired) electrons. The molecule has 3 rings (SSSR count). The number of hydrogen-bond acceptors (Lipinski definition) is 4. The summed E-state index contributed by atoms with van der Waals surface area (Å²) in [6.07, 6.45) is 0. The Kier molecular flexibility index (Phi) is 5.07. The minimum Gasteiger partial charge on any atom is -0.493 e. The van der Waals surface area contributed by atoms with E-state index in [-0.39, 0.29) is 11.6 Å². The molecule has 0 aliphatic carbocycles. The van der Waals surface area contributed by atoms with Crippen molar-refractivity contribution in [1.82, 2.24) is 9.55 Å². The highest BCUT2D eigenvalue weighted by Crippen LogP contribution is 2.22. The SMILES string of the molecule is CC(=NC(C)c1ccccc1)c1c(O)n(-c2ccccc2C)c(=O)[nH]c1=O. The van der Waals surface area contributed by atoms with Crippen molar-refractivity contribution in [2.45, 2.75) is 26.8 Å². The summed E-state index contributed by atoms with van der Waals surface area (Å²) in [5, 5.41) is 10.7. The molecule has 0 saturated heterocycles. The van der Waals surface area contributed by atoms with E-state index in [1.165, 1.54) is 0 Å². The Morgan fingerprint density at radius 1 is 1.07 bits per heavy atom. The van der Waals surface area contributed by atoms with Gasteiger partial charge in [0.15, 0.2) is 0 Å². The first-order valence-electron chi connectivity index (χ1n) is 8.64. The second-order valence-electron chi connectivity index (χ2n) is 6.38. The molecule has 1 unspecified atom stereocenters. The van der Waals surface area contributed by atoms with Gasteiger partial charge in [-0.25, -0.2) is 9.36 Å². The van der Waals surface area contributed by atoms with Crippen molar-refractivity contribution in [2.24, 2.45) is 4.99 Å². The maximum absolute atomic E-state index is 12.4. The number of aromatic hydroxyl groups is 1. The van der Waals surface area contributed by atoms with E-state index in [2.05, 4.69) is 9.98 Å². The van der Waals surface area contributed by atoms with Gasteiger partial charge in [0.05, 0.1) is 17.4 Å². The van der Waals surface area contributed by atoms with Crippen molar-refractivity contribution in [3.05, 3.63) is 92.1 Å². The number of para-hydroxylation sites is 1. The predicted octanol–water partition coefficient (Wildman–Crippen LogP) is 3.11. The van der Waals surface area contributed by atoms with Gasteiger partial charge in [0.2, 0.25) is 5.88 Å². The first-order valence-corrected chi connectivity index (χ1v) is 8.64. The van der Waals surface area contributed by atoms with Gasteiger partial charge in [-0.1, -0.05) is 48.5 Å². The Bertz CT molecular complexity index is 1110. The van der Waals surface area contributed by atoms with E-state index in [1.807, 2.05) is 56.3 Å². The molecule has 6 heteroatoms. The van der Waals surface area contributed by atoms with Crippen LogP contribution in [0.4, 0.5) is 0 Å². The van der Waals surface area contributed by atoms with E-state index in [9.17, 15) is 14.7 Å². The Labute approximate surface area is 156 Å². The Hall–Kier alpha value is -3.41. The lowest BCUT2D eigenvalue weighted by Gasteiger charge is -2.14. The summed E-state index contributed by atoms with van der Waals surface area (Å²) in [7, 11) is 0. The van der Waals surface area contributed by atoms with Crippen LogP contribution in [0.5, 0.6) is 5.88 Å². The lowest BCUT2D eigenvalue weighted by molar-refractivity contribution is 0.429. The molecule has 0 saturated carbocycles. The molecule has 27 heavy (non-hydrogen) atoms.